The van der Waals surface area contributed by atoms with Crippen LogP contribution in [0.2, 0.25) is 0 Å². The predicted molar refractivity (Wildman–Crippen MR) is 62.9 cm³/mol. The molecule has 78 valence electrons. The van der Waals surface area contributed by atoms with E-state index in [9.17, 15) is 0 Å². The van der Waals surface area contributed by atoms with E-state index in [0.29, 0.717) is 0 Å². The van der Waals surface area contributed by atoms with Crippen molar-refractivity contribution in [2.45, 2.75) is 24.5 Å². The number of aromatic amines is 1. The van der Waals surface area contributed by atoms with Crippen molar-refractivity contribution in [1.29, 1.82) is 0 Å². The Morgan fingerprint density at radius 2 is 2.47 bits per heavy atom. The van der Waals surface area contributed by atoms with Crippen molar-refractivity contribution in [1.82, 2.24) is 15.0 Å². The van der Waals surface area contributed by atoms with Gasteiger partial charge in [-0.2, -0.15) is 0 Å². The Morgan fingerprint density at radius 3 is 3.20 bits per heavy atom. The van der Waals surface area contributed by atoms with Crippen LogP contribution < -0.4 is 0 Å². The highest BCUT2D eigenvalue weighted by Crippen LogP contribution is 2.45. The quantitative estimate of drug-likeness (QED) is 0.801. The molecule has 0 saturated carbocycles. The van der Waals surface area contributed by atoms with E-state index >= 15 is 0 Å². The molecule has 1 saturated heterocycles. The lowest BCUT2D eigenvalue weighted by molar-refractivity contribution is 0.614. The Morgan fingerprint density at radius 1 is 1.53 bits per heavy atom. The topological polar surface area (TPSA) is 41.6 Å². The molecule has 0 spiro atoms. The monoisotopic (exact) mass is 219 g/mol. The number of nitrogens with zero attached hydrogens (tertiary/aromatic N) is 2. The maximum Gasteiger partial charge on any atom is 0.177 e. The van der Waals surface area contributed by atoms with Crippen LogP contribution in [0.3, 0.4) is 0 Å². The number of aromatic nitrogens is 3. The van der Waals surface area contributed by atoms with E-state index in [0.717, 1.165) is 17.0 Å². The summed E-state index contributed by atoms with van der Waals surface area (Å²) in [6.07, 6.45) is 4.28. The average molecular weight is 219 g/mol. The van der Waals surface area contributed by atoms with Crippen LogP contribution in [0.4, 0.5) is 0 Å². The molecule has 0 radical (unpaired) electrons. The number of H-pyrrole nitrogens is 1. The molecule has 3 rings (SSSR count). The third-order valence-corrected chi connectivity index (χ3v) is 4.50. The molecule has 1 fully saturated rings. The molecule has 0 amide bonds. The fraction of sp³-hybridized carbons (Fsp3) is 0.455. The van der Waals surface area contributed by atoms with Gasteiger partial charge in [-0.05, 0) is 37.7 Å². The minimum Gasteiger partial charge on any atom is -0.339 e. The maximum absolute atomic E-state index is 4.58. The zero-order chi connectivity index (χ0) is 10.3. The number of hydrogen-bond acceptors (Lipinski definition) is 3. The van der Waals surface area contributed by atoms with E-state index in [1.54, 1.807) is 6.20 Å². The van der Waals surface area contributed by atoms with Gasteiger partial charge in [0.2, 0.25) is 0 Å². The third-order valence-electron chi connectivity index (χ3n) is 2.98. The molecule has 1 unspecified atom stereocenters. The molecule has 1 atom stereocenters. The SMILES string of the molecule is CC1(c2nc3ncccc3[nH]2)CCCS1. The summed E-state index contributed by atoms with van der Waals surface area (Å²) in [5, 5.41) is 0. The summed E-state index contributed by atoms with van der Waals surface area (Å²) in [7, 11) is 0. The zero-order valence-electron chi connectivity index (χ0n) is 8.66. The van der Waals surface area contributed by atoms with Gasteiger partial charge in [0.25, 0.3) is 0 Å². The van der Waals surface area contributed by atoms with Crippen molar-refractivity contribution in [3.05, 3.63) is 24.2 Å². The fourth-order valence-electron chi connectivity index (χ4n) is 2.06. The van der Waals surface area contributed by atoms with E-state index < -0.39 is 0 Å². The molecule has 1 N–H and O–H groups in total. The highest BCUT2D eigenvalue weighted by Gasteiger charge is 2.34. The van der Waals surface area contributed by atoms with Crippen molar-refractivity contribution in [2.75, 3.05) is 5.75 Å². The van der Waals surface area contributed by atoms with Crippen LogP contribution in [-0.2, 0) is 4.75 Å². The zero-order valence-corrected chi connectivity index (χ0v) is 9.47. The number of hydrogen-bond donors (Lipinski definition) is 1. The lowest BCUT2D eigenvalue weighted by Crippen LogP contribution is -2.14. The van der Waals surface area contributed by atoms with Crippen LogP contribution in [0.25, 0.3) is 11.2 Å². The summed E-state index contributed by atoms with van der Waals surface area (Å²) in [6, 6.07) is 3.97. The van der Waals surface area contributed by atoms with Crippen molar-refractivity contribution in [2.24, 2.45) is 0 Å². The second kappa shape index (κ2) is 3.23. The summed E-state index contributed by atoms with van der Waals surface area (Å²) < 4.78 is 0.167. The summed E-state index contributed by atoms with van der Waals surface area (Å²) in [6.45, 7) is 2.27. The first kappa shape index (κ1) is 9.21. The summed E-state index contributed by atoms with van der Waals surface area (Å²) in [5.74, 6) is 2.32. The van der Waals surface area contributed by atoms with Crippen LogP contribution in [0.1, 0.15) is 25.6 Å². The number of imidazole rings is 1. The molecular weight excluding hydrogens is 206 g/mol. The minimum absolute atomic E-state index is 0.167. The smallest absolute Gasteiger partial charge is 0.177 e. The normalized spacial score (nSPS) is 26.2. The van der Waals surface area contributed by atoms with Crippen molar-refractivity contribution in [3.8, 4) is 0 Å². The van der Waals surface area contributed by atoms with Crippen LogP contribution in [0.15, 0.2) is 18.3 Å². The summed E-state index contributed by atoms with van der Waals surface area (Å²) in [4.78, 5) is 12.2. The first-order valence-corrected chi connectivity index (χ1v) is 6.22. The molecule has 3 heterocycles. The standard InChI is InChI=1S/C11H13N3S/c1-11(5-3-7-15-11)10-13-8-4-2-6-12-9(8)14-10/h2,4,6H,3,5,7H2,1H3,(H,12,13,14). The molecule has 1 aliphatic heterocycles. The summed E-state index contributed by atoms with van der Waals surface area (Å²) >= 11 is 1.99. The van der Waals surface area contributed by atoms with Crippen LogP contribution in [0, 0.1) is 0 Å². The predicted octanol–water partition coefficient (Wildman–Crippen LogP) is 2.70. The molecule has 4 heteroatoms. The summed E-state index contributed by atoms with van der Waals surface area (Å²) in [5.41, 5.74) is 1.88. The number of pyridine rings is 1. The molecule has 15 heavy (non-hydrogen) atoms. The largest absolute Gasteiger partial charge is 0.339 e. The van der Waals surface area contributed by atoms with Gasteiger partial charge in [0.1, 0.15) is 5.82 Å². The van der Waals surface area contributed by atoms with E-state index in [4.69, 9.17) is 0 Å². The number of nitrogens with one attached hydrogen (secondary N) is 1. The van der Waals surface area contributed by atoms with E-state index in [-0.39, 0.29) is 4.75 Å². The minimum atomic E-state index is 0.167. The van der Waals surface area contributed by atoms with E-state index in [2.05, 4.69) is 21.9 Å². The molecule has 0 aromatic carbocycles. The Labute approximate surface area is 92.7 Å². The van der Waals surface area contributed by atoms with Crippen molar-refractivity contribution in [3.63, 3.8) is 0 Å². The second-order valence-electron chi connectivity index (χ2n) is 4.14. The number of rotatable bonds is 1. The van der Waals surface area contributed by atoms with Gasteiger partial charge >= 0.3 is 0 Å². The van der Waals surface area contributed by atoms with E-state index in [1.807, 2.05) is 23.9 Å². The van der Waals surface area contributed by atoms with Gasteiger partial charge in [-0.1, -0.05) is 0 Å². The number of thioether (sulfide) groups is 1. The van der Waals surface area contributed by atoms with Crippen LogP contribution in [0.5, 0.6) is 0 Å². The molecule has 2 aromatic rings. The lowest BCUT2D eigenvalue weighted by atomic mass is 10.1. The molecule has 3 nitrogen and oxygen atoms in total. The molecule has 0 bridgehead atoms. The molecular formula is C11H13N3S. The maximum atomic E-state index is 4.58. The van der Waals surface area contributed by atoms with Gasteiger partial charge in [0, 0.05) is 6.20 Å². The highest BCUT2D eigenvalue weighted by atomic mass is 32.2. The first-order chi connectivity index (χ1) is 7.28. The van der Waals surface area contributed by atoms with E-state index in [1.165, 1.54) is 18.6 Å². The molecule has 0 aliphatic carbocycles. The van der Waals surface area contributed by atoms with Gasteiger partial charge in [-0.3, -0.25) is 0 Å². The van der Waals surface area contributed by atoms with Gasteiger partial charge in [-0.15, -0.1) is 11.8 Å². The van der Waals surface area contributed by atoms with Gasteiger partial charge < -0.3 is 4.98 Å². The lowest BCUT2D eigenvalue weighted by Gasteiger charge is -2.18. The average Bonchev–Trinajstić information content (AvgIpc) is 2.84. The van der Waals surface area contributed by atoms with Gasteiger partial charge in [0.05, 0.1) is 10.3 Å². The fourth-order valence-corrected chi connectivity index (χ4v) is 3.32. The Hall–Kier alpha value is -1.03. The Bertz CT molecular complexity index is 452. The Kier molecular flexibility index (Phi) is 1.99. The first-order valence-electron chi connectivity index (χ1n) is 5.23. The molecule has 2 aromatic heterocycles. The Balaban J connectivity index is 2.11. The second-order valence-corrected chi connectivity index (χ2v) is 5.74. The molecule has 1 aliphatic rings. The van der Waals surface area contributed by atoms with Crippen LogP contribution in [-0.4, -0.2) is 20.7 Å². The van der Waals surface area contributed by atoms with Crippen molar-refractivity contribution < 1.29 is 0 Å². The van der Waals surface area contributed by atoms with Gasteiger partial charge in [0.15, 0.2) is 5.65 Å². The van der Waals surface area contributed by atoms with Crippen LogP contribution >= 0.6 is 11.8 Å². The number of fused-ring (bicyclic) bond motifs is 1. The third kappa shape index (κ3) is 1.44. The van der Waals surface area contributed by atoms with Gasteiger partial charge in [-0.25, -0.2) is 9.97 Å². The highest BCUT2D eigenvalue weighted by molar-refractivity contribution is 8.00. The van der Waals surface area contributed by atoms with Crippen molar-refractivity contribution >= 4 is 22.9 Å².